The van der Waals surface area contributed by atoms with Crippen LogP contribution >= 0.6 is 0 Å². The third-order valence-electron chi connectivity index (χ3n) is 25.9. The zero-order valence-electron chi connectivity index (χ0n) is 80.8. The number of carboxylic acids is 6. The summed E-state index contributed by atoms with van der Waals surface area (Å²) in [7, 11) is 1.79. The largest absolute Gasteiger partial charge is 0.478 e. The summed E-state index contributed by atoms with van der Waals surface area (Å²) in [6, 6.07) is 34.3. The quantitative estimate of drug-likeness (QED) is 0.0224. The van der Waals surface area contributed by atoms with Crippen molar-refractivity contribution in [2.24, 2.45) is 7.05 Å². The van der Waals surface area contributed by atoms with E-state index in [-0.39, 0.29) is 94.2 Å². The van der Waals surface area contributed by atoms with Gasteiger partial charge in [0, 0.05) is 204 Å². The van der Waals surface area contributed by atoms with Gasteiger partial charge in [0.1, 0.15) is 41.0 Å². The van der Waals surface area contributed by atoms with Crippen molar-refractivity contribution >= 4 is 101 Å². The highest BCUT2D eigenvalue weighted by Crippen LogP contribution is 2.38. The van der Waals surface area contributed by atoms with Gasteiger partial charge in [0.05, 0.1) is 134 Å². The van der Waals surface area contributed by atoms with Gasteiger partial charge in [-0.05, 0) is 223 Å². The highest BCUT2D eigenvalue weighted by molar-refractivity contribution is 5.95. The molecule has 6 aromatic carbocycles. The van der Waals surface area contributed by atoms with E-state index in [1.54, 1.807) is 42.2 Å². The van der Waals surface area contributed by atoms with Crippen LogP contribution < -0.4 is 0 Å². The molecule has 149 heavy (non-hydrogen) atoms. The van der Waals surface area contributed by atoms with Crippen LogP contribution in [0, 0.1) is 41.8 Å². The first-order chi connectivity index (χ1) is 71.6. The first-order valence-electron chi connectivity index (χ1n) is 47.5. The molecule has 18 aromatic rings. The van der Waals surface area contributed by atoms with Crippen molar-refractivity contribution in [2.75, 3.05) is 46.1 Å². The van der Waals surface area contributed by atoms with Gasteiger partial charge >= 0.3 is 35.8 Å². The van der Waals surface area contributed by atoms with Gasteiger partial charge in [-0.3, -0.25) is 58.2 Å². The lowest BCUT2D eigenvalue weighted by molar-refractivity contribution is -0.0998. The maximum absolute atomic E-state index is 13.9. The number of hydrogen-bond donors (Lipinski definition) is 7. The van der Waals surface area contributed by atoms with Crippen molar-refractivity contribution in [1.29, 1.82) is 0 Å². The Balaban J connectivity index is 0.000000128. The van der Waals surface area contributed by atoms with Crippen LogP contribution in [0.15, 0.2) is 220 Å². The van der Waals surface area contributed by atoms with Gasteiger partial charge in [0.25, 0.3) is 5.92 Å². The number of carbonyl (C=O) groups is 6. The van der Waals surface area contributed by atoms with Gasteiger partial charge in [-0.15, -0.1) is 0 Å². The molecule has 3 aliphatic rings. The Morgan fingerprint density at radius 3 is 1.13 bits per heavy atom. The highest BCUT2D eigenvalue weighted by Gasteiger charge is 2.35. The topological polar surface area (TPSA) is 437 Å². The summed E-state index contributed by atoms with van der Waals surface area (Å²) < 4.78 is 131. The molecule has 768 valence electrons. The van der Waals surface area contributed by atoms with Gasteiger partial charge < -0.3 is 49.8 Å². The molecule has 2 atom stereocenters. The van der Waals surface area contributed by atoms with E-state index in [1.807, 2.05) is 27.2 Å². The third kappa shape index (κ3) is 24.8. The lowest BCUT2D eigenvalue weighted by Gasteiger charge is -2.26. The number of ether oxygens (including phenoxy) is 2. The molecule has 1 aliphatic carbocycles. The van der Waals surface area contributed by atoms with E-state index >= 15 is 0 Å². The van der Waals surface area contributed by atoms with Crippen molar-refractivity contribution < 1.29 is 109 Å². The van der Waals surface area contributed by atoms with Crippen LogP contribution in [0.5, 0.6) is 0 Å². The lowest BCUT2D eigenvalue weighted by atomic mass is 9.93. The van der Waals surface area contributed by atoms with Crippen LogP contribution in [-0.2, 0) is 74.7 Å². The predicted octanol–water partition coefficient (Wildman–Crippen LogP) is 18.1. The molecule has 1 saturated carbocycles. The smallest absolute Gasteiger partial charge is 0.336 e. The molecule has 33 nitrogen and oxygen atoms in total. The summed E-state index contributed by atoms with van der Waals surface area (Å²) in [5.74, 6) is -11.7. The first kappa shape index (κ1) is 105. The molecule has 12 aromatic heterocycles. The second kappa shape index (κ2) is 46.7. The third-order valence-corrected chi connectivity index (χ3v) is 25.9. The van der Waals surface area contributed by atoms with Crippen molar-refractivity contribution in [2.45, 2.75) is 135 Å². The average molecular weight is 2040 g/mol. The van der Waals surface area contributed by atoms with Gasteiger partial charge in [-0.1, -0.05) is 6.92 Å². The molecule has 14 heterocycles. The molecule has 2 aliphatic heterocycles. The van der Waals surface area contributed by atoms with Crippen LogP contribution in [-0.4, -0.2) is 218 Å². The Bertz CT molecular complexity index is 8020. The fourth-order valence-electron chi connectivity index (χ4n) is 18.4. The summed E-state index contributed by atoms with van der Waals surface area (Å²) in [5.41, 5.74) is 13.5. The summed E-state index contributed by atoms with van der Waals surface area (Å²) in [5, 5.41) is 92.2. The number of pyridine rings is 6. The number of aliphatic hydroxyl groups excluding tert-OH is 1. The Labute approximate surface area is 844 Å². The number of nitrogens with zero attached hydrogens (tertiary/aromatic N) is 18. The molecule has 0 amide bonds. The highest BCUT2D eigenvalue weighted by atomic mass is 19.3. The molecule has 7 N–H and O–H groups in total. The molecule has 0 spiro atoms. The monoisotopic (exact) mass is 2040 g/mol. The molecule has 21 rings (SSSR count). The van der Waals surface area contributed by atoms with E-state index in [0.717, 1.165) is 121 Å². The summed E-state index contributed by atoms with van der Waals surface area (Å²) >= 11 is 0. The second-order valence-electron chi connectivity index (χ2n) is 36.0. The fraction of sp³-hybridized carbons (Fsp3) is 0.269. The molecular formula is C108H100F8N18O15. The van der Waals surface area contributed by atoms with E-state index in [1.165, 1.54) is 188 Å². The number of carboxylic acid groups (broad SMARTS) is 6. The summed E-state index contributed by atoms with van der Waals surface area (Å²) in [6.45, 7) is 10.8. The first-order valence-corrected chi connectivity index (χ1v) is 47.5. The number of alkyl halides is 2. The molecular weight excluding hydrogens is 1940 g/mol. The normalized spacial score (nSPS) is 13.8. The Morgan fingerprint density at radius 1 is 0.389 bits per heavy atom. The molecule has 0 radical (unpaired) electrons. The number of aromatic nitrogens is 17. The summed E-state index contributed by atoms with van der Waals surface area (Å²) in [4.78, 5) is 94.5. The molecule has 2 saturated heterocycles. The minimum Gasteiger partial charge on any atom is -0.478 e. The number of rotatable bonds is 28. The Hall–Kier alpha value is -16.8. The number of halogens is 8. The van der Waals surface area contributed by atoms with Crippen molar-refractivity contribution in [3.63, 3.8) is 0 Å². The number of aromatic carboxylic acids is 6. The average Bonchev–Trinajstić information content (AvgIpc) is 1.75. The molecule has 3 fully saturated rings. The standard InChI is InChI=1S/C20H21FN4O3.C18H16F3N3O3.C18H16FN3O3.C18H16FN3O2.C18H17FN2O2.C16H14FN3O2/c21-15-1-2-19-17(12-15)18(11-14-13-22-4-3-16(14)20(26)27)23-25(19)6-5-24-7-9-28-10-8-24;1-18(20,21)16(25)9-24-15-3-2-11(19)7-13(15)14(23-24)6-10-8-22-5-4-12(10)17(26)27;19-12-1-2-17-15(8-12)16(21-22(17)13-4-6-25-10-13)7-11-9-20-5-3-14(11)18(23)24;19-12-4-5-17-15(9-12)16(21-22(17)13-2-1-3-13)8-11-10-20-7-6-14(11)18(23)24;1-2-7-21-11-13(16-9-14(19)3-4-17(16)21)8-12-10-20-6-5-15(12)18(22)23;1-9-5-11(17)7-13-14(19-20(2)15(9)13)6-10-8-18-4-3-12(10)16(21)22/h1-4,12-13H,5-11H2,(H,26,27);2-5,7-8,16,25H,6,9H2,1H3,(H,26,27);1-3,5,8-9,13H,4,6-7,10H2,(H,23,24);4-7,9-10,13H,1-3,8H2,(H,23,24);3-6,9-11H,2,7-8H2,1H3,(H,22,23);3-5,7-8H,6H2,1-2H3,(H,21,22). The number of morpholine rings is 1. The van der Waals surface area contributed by atoms with E-state index in [2.05, 4.69) is 71.8 Å². The minimum atomic E-state index is -3.34. The van der Waals surface area contributed by atoms with E-state index in [9.17, 15) is 99.6 Å². The van der Waals surface area contributed by atoms with E-state index in [0.29, 0.717) is 134 Å². The number of benzene rings is 6. The number of aliphatic hydroxyl groups is 1. The number of fused-ring (bicyclic) bond motifs is 6. The minimum absolute atomic E-state index is 0.0149. The molecule has 2 unspecified atom stereocenters. The zero-order valence-corrected chi connectivity index (χ0v) is 80.8. The van der Waals surface area contributed by atoms with Crippen LogP contribution in [0.2, 0.25) is 0 Å². The van der Waals surface area contributed by atoms with E-state index in [4.69, 9.17) is 9.47 Å². The number of aryl methyl sites for hydroxylation is 3. The maximum atomic E-state index is 13.9. The lowest BCUT2D eigenvalue weighted by Crippen LogP contribution is -2.38. The molecule has 41 heteroatoms. The van der Waals surface area contributed by atoms with Crippen molar-refractivity contribution in [1.82, 2.24) is 88.3 Å². The zero-order chi connectivity index (χ0) is 106. The van der Waals surface area contributed by atoms with Crippen LogP contribution in [0.1, 0.15) is 193 Å². The number of hydrogen-bond acceptors (Lipinski definition) is 21. The van der Waals surface area contributed by atoms with E-state index < -0.39 is 60.2 Å². The SMILES string of the molecule is CC(F)(F)C(O)Cn1nc(Cc2cnccc2C(=O)O)c2cc(F)ccc21.CCCn1cc(Cc2cnccc2C(=O)O)c2cc(F)ccc21.Cc1cc(F)cc2c(Cc3cnccc3C(=O)O)nn(C)c12.O=C(O)c1ccncc1Cc1nn(C2CCC2)c2ccc(F)cc12.O=C(O)c1ccncc1Cc1nn(C2CCOC2)c2ccc(F)cc12.O=C(O)c1ccncc1Cc1nn(CCN2CCOCC2)c2ccc(F)cc12. The van der Waals surface area contributed by atoms with Gasteiger partial charge in [-0.2, -0.15) is 25.5 Å². The second-order valence-corrected chi connectivity index (χ2v) is 36.0. The molecule has 0 bridgehead atoms. The summed E-state index contributed by atoms with van der Waals surface area (Å²) in [6.07, 6.45) is 24.3. The van der Waals surface area contributed by atoms with Crippen molar-refractivity contribution in [3.05, 3.63) is 361 Å². The van der Waals surface area contributed by atoms with Crippen LogP contribution in [0.4, 0.5) is 35.1 Å². The van der Waals surface area contributed by atoms with Gasteiger partial charge in [0.2, 0.25) is 0 Å². The van der Waals surface area contributed by atoms with Gasteiger partial charge in [0.15, 0.2) is 0 Å². The predicted molar refractivity (Wildman–Crippen MR) is 532 cm³/mol. The Morgan fingerprint density at radius 2 is 0.745 bits per heavy atom. The van der Waals surface area contributed by atoms with Crippen LogP contribution in [0.25, 0.3) is 65.4 Å². The fourth-order valence-corrected chi connectivity index (χ4v) is 18.4. The maximum Gasteiger partial charge on any atom is 0.336 e. The van der Waals surface area contributed by atoms with Crippen LogP contribution in [0.3, 0.4) is 0 Å². The van der Waals surface area contributed by atoms with Crippen molar-refractivity contribution in [3.8, 4) is 0 Å². The Kier molecular flexibility index (Phi) is 32.9. The van der Waals surface area contributed by atoms with Gasteiger partial charge in [-0.25, -0.2) is 63.9 Å².